The van der Waals surface area contributed by atoms with Crippen molar-refractivity contribution < 1.29 is 9.53 Å². The molecule has 1 saturated heterocycles. The number of aryl methyl sites for hydroxylation is 1. The molecule has 1 unspecified atom stereocenters. The number of carbonyl (C=O) groups excluding carboxylic acids is 1. The highest BCUT2D eigenvalue weighted by Crippen LogP contribution is 2.20. The fourth-order valence-corrected chi connectivity index (χ4v) is 2.74. The highest BCUT2D eigenvalue weighted by Gasteiger charge is 2.36. The minimum atomic E-state index is -0.561. The minimum Gasteiger partial charge on any atom is -0.379 e. The quantitative estimate of drug-likeness (QED) is 0.848. The van der Waals surface area contributed by atoms with E-state index in [1.165, 1.54) is 0 Å². The zero-order chi connectivity index (χ0) is 16.2. The predicted molar refractivity (Wildman–Crippen MR) is 83.3 cm³/mol. The summed E-state index contributed by atoms with van der Waals surface area (Å²) in [5.74, 6) is 0.836. The summed E-state index contributed by atoms with van der Waals surface area (Å²) in [7, 11) is 0. The van der Waals surface area contributed by atoms with Gasteiger partial charge in [0.25, 0.3) is 0 Å². The van der Waals surface area contributed by atoms with E-state index in [0.29, 0.717) is 13.2 Å². The third-order valence-corrected chi connectivity index (χ3v) is 4.33. The fourth-order valence-electron chi connectivity index (χ4n) is 2.74. The Labute approximate surface area is 132 Å². The standard InChI is InChI=1S/C15H27N5O2/c1-5-12(13-16-11-17-20(13)6-2)18-14(21)15(3,4)19-7-9-22-10-8-19/h11-12H,5-10H2,1-4H3,(H,18,21). The third kappa shape index (κ3) is 3.47. The normalized spacial score (nSPS) is 18.2. The summed E-state index contributed by atoms with van der Waals surface area (Å²) in [5.41, 5.74) is -0.561. The Balaban J connectivity index is 2.08. The van der Waals surface area contributed by atoms with Gasteiger partial charge in [-0.15, -0.1) is 0 Å². The molecule has 22 heavy (non-hydrogen) atoms. The Morgan fingerprint density at radius 1 is 1.41 bits per heavy atom. The van der Waals surface area contributed by atoms with Gasteiger partial charge in [0, 0.05) is 19.6 Å². The van der Waals surface area contributed by atoms with Gasteiger partial charge in [-0.1, -0.05) is 6.92 Å². The van der Waals surface area contributed by atoms with Gasteiger partial charge in [0.15, 0.2) is 0 Å². The highest BCUT2D eigenvalue weighted by atomic mass is 16.5. The smallest absolute Gasteiger partial charge is 0.240 e. The predicted octanol–water partition coefficient (Wildman–Crippen LogP) is 0.976. The van der Waals surface area contributed by atoms with Crippen LogP contribution < -0.4 is 5.32 Å². The number of morpholine rings is 1. The van der Waals surface area contributed by atoms with Crippen molar-refractivity contribution in [3.8, 4) is 0 Å². The van der Waals surface area contributed by atoms with Crippen LogP contribution in [0.2, 0.25) is 0 Å². The van der Waals surface area contributed by atoms with Gasteiger partial charge in [-0.05, 0) is 27.2 Å². The number of rotatable bonds is 6. The molecule has 7 heteroatoms. The monoisotopic (exact) mass is 309 g/mol. The SMILES string of the molecule is CCC(NC(=O)C(C)(C)N1CCOCC1)c1ncnn1CC. The molecule has 1 aromatic heterocycles. The summed E-state index contributed by atoms with van der Waals surface area (Å²) in [4.78, 5) is 19.3. The highest BCUT2D eigenvalue weighted by molar-refractivity contribution is 5.85. The number of hydrogen-bond donors (Lipinski definition) is 1. The molecule has 1 fully saturated rings. The molecule has 1 aliphatic heterocycles. The summed E-state index contributed by atoms with van der Waals surface area (Å²) in [6.07, 6.45) is 2.32. The minimum absolute atomic E-state index is 0.0203. The van der Waals surface area contributed by atoms with E-state index in [0.717, 1.165) is 31.9 Å². The summed E-state index contributed by atoms with van der Waals surface area (Å²) in [6.45, 7) is 11.6. The Hall–Kier alpha value is -1.47. The number of nitrogens with one attached hydrogen (secondary N) is 1. The number of aromatic nitrogens is 3. The zero-order valence-corrected chi connectivity index (χ0v) is 14.0. The van der Waals surface area contributed by atoms with Crippen LogP contribution in [0.3, 0.4) is 0 Å². The molecule has 124 valence electrons. The molecule has 1 aliphatic rings. The third-order valence-electron chi connectivity index (χ3n) is 4.33. The average Bonchev–Trinajstić information content (AvgIpc) is 3.01. The van der Waals surface area contributed by atoms with E-state index in [-0.39, 0.29) is 11.9 Å². The molecule has 2 rings (SSSR count). The Morgan fingerprint density at radius 3 is 2.68 bits per heavy atom. The van der Waals surface area contributed by atoms with Crippen LogP contribution in [0.5, 0.6) is 0 Å². The molecule has 0 radical (unpaired) electrons. The lowest BCUT2D eigenvalue weighted by molar-refractivity contribution is -0.135. The lowest BCUT2D eigenvalue weighted by atomic mass is 10.00. The van der Waals surface area contributed by atoms with Crippen molar-refractivity contribution in [2.45, 2.75) is 52.2 Å². The van der Waals surface area contributed by atoms with Gasteiger partial charge < -0.3 is 10.1 Å². The van der Waals surface area contributed by atoms with Crippen LogP contribution in [0.25, 0.3) is 0 Å². The van der Waals surface area contributed by atoms with Gasteiger partial charge in [0.1, 0.15) is 12.2 Å². The largest absolute Gasteiger partial charge is 0.379 e. The van der Waals surface area contributed by atoms with Crippen molar-refractivity contribution in [1.82, 2.24) is 25.0 Å². The molecule has 0 bridgehead atoms. The fraction of sp³-hybridized carbons (Fsp3) is 0.800. The lowest BCUT2D eigenvalue weighted by Gasteiger charge is -2.40. The van der Waals surface area contributed by atoms with Crippen LogP contribution in [0, 0.1) is 0 Å². The first kappa shape index (κ1) is 16.9. The molecular formula is C15H27N5O2. The number of carbonyl (C=O) groups is 1. The van der Waals surface area contributed by atoms with Gasteiger partial charge in [-0.2, -0.15) is 5.10 Å². The van der Waals surface area contributed by atoms with Gasteiger partial charge >= 0.3 is 0 Å². The number of amides is 1. The van der Waals surface area contributed by atoms with Gasteiger partial charge in [0.2, 0.25) is 5.91 Å². The van der Waals surface area contributed by atoms with E-state index in [9.17, 15) is 4.79 Å². The maximum Gasteiger partial charge on any atom is 0.240 e. The summed E-state index contributed by atoms with van der Waals surface area (Å²) < 4.78 is 7.20. The van der Waals surface area contributed by atoms with Gasteiger partial charge in [-0.25, -0.2) is 9.67 Å². The van der Waals surface area contributed by atoms with Crippen LogP contribution in [0.4, 0.5) is 0 Å². The first-order valence-corrected chi connectivity index (χ1v) is 8.02. The van der Waals surface area contributed by atoms with Crippen LogP contribution >= 0.6 is 0 Å². The molecule has 1 aromatic rings. The van der Waals surface area contributed by atoms with Gasteiger partial charge in [0.05, 0.1) is 24.8 Å². The lowest BCUT2D eigenvalue weighted by Crippen LogP contribution is -2.58. The van der Waals surface area contributed by atoms with Crippen molar-refractivity contribution in [3.05, 3.63) is 12.2 Å². The van der Waals surface area contributed by atoms with Gasteiger partial charge in [-0.3, -0.25) is 9.69 Å². The second-order valence-electron chi connectivity index (χ2n) is 6.03. The zero-order valence-electron chi connectivity index (χ0n) is 14.0. The molecule has 0 spiro atoms. The van der Waals surface area contributed by atoms with Crippen molar-refractivity contribution in [2.24, 2.45) is 0 Å². The molecule has 7 nitrogen and oxygen atoms in total. The maximum absolute atomic E-state index is 12.8. The molecular weight excluding hydrogens is 282 g/mol. The second kappa shape index (κ2) is 7.19. The molecule has 0 aliphatic carbocycles. The summed E-state index contributed by atoms with van der Waals surface area (Å²) in [6, 6.07) is -0.115. The van der Waals surface area contributed by atoms with E-state index < -0.39 is 5.54 Å². The Morgan fingerprint density at radius 2 is 2.09 bits per heavy atom. The Kier molecular flexibility index (Phi) is 5.52. The first-order chi connectivity index (χ1) is 10.5. The van der Waals surface area contributed by atoms with Crippen LogP contribution in [0.15, 0.2) is 6.33 Å². The van der Waals surface area contributed by atoms with Crippen LogP contribution in [-0.2, 0) is 16.1 Å². The van der Waals surface area contributed by atoms with Crippen molar-refractivity contribution in [2.75, 3.05) is 26.3 Å². The Bertz CT molecular complexity index is 494. The van der Waals surface area contributed by atoms with Crippen molar-refractivity contribution in [1.29, 1.82) is 0 Å². The summed E-state index contributed by atoms with van der Waals surface area (Å²) in [5, 5.41) is 7.33. The number of nitrogens with zero attached hydrogens (tertiary/aromatic N) is 4. The molecule has 2 heterocycles. The second-order valence-corrected chi connectivity index (χ2v) is 6.03. The maximum atomic E-state index is 12.8. The van der Waals surface area contributed by atoms with E-state index >= 15 is 0 Å². The number of hydrogen-bond acceptors (Lipinski definition) is 5. The first-order valence-electron chi connectivity index (χ1n) is 8.02. The van der Waals surface area contributed by atoms with E-state index in [1.54, 1.807) is 6.33 Å². The summed E-state index contributed by atoms with van der Waals surface area (Å²) >= 11 is 0. The molecule has 0 aromatic carbocycles. The topological polar surface area (TPSA) is 72.3 Å². The van der Waals surface area contributed by atoms with Crippen molar-refractivity contribution in [3.63, 3.8) is 0 Å². The van der Waals surface area contributed by atoms with E-state index in [2.05, 4.69) is 20.3 Å². The van der Waals surface area contributed by atoms with Crippen LogP contribution in [0.1, 0.15) is 46.0 Å². The average molecular weight is 309 g/mol. The van der Waals surface area contributed by atoms with Crippen LogP contribution in [-0.4, -0.2) is 57.4 Å². The molecule has 1 N–H and O–H groups in total. The van der Waals surface area contributed by atoms with E-state index in [1.807, 2.05) is 32.4 Å². The molecule has 1 amide bonds. The number of ether oxygens (including phenoxy) is 1. The molecule has 1 atom stereocenters. The van der Waals surface area contributed by atoms with Crippen molar-refractivity contribution >= 4 is 5.91 Å². The van der Waals surface area contributed by atoms with E-state index in [4.69, 9.17) is 4.74 Å². The molecule has 0 saturated carbocycles.